The Morgan fingerprint density at radius 2 is 2.00 bits per heavy atom. The molecule has 0 unspecified atom stereocenters. The van der Waals surface area contributed by atoms with E-state index in [1.807, 2.05) is 12.1 Å². The fourth-order valence-corrected chi connectivity index (χ4v) is 2.98. The van der Waals surface area contributed by atoms with E-state index < -0.39 is 11.8 Å². The number of carbonyl (C=O) groups is 2. The van der Waals surface area contributed by atoms with Crippen LogP contribution in [0.1, 0.15) is 11.1 Å². The van der Waals surface area contributed by atoms with E-state index in [1.165, 1.54) is 18.2 Å². The number of nitrogens with one attached hydrogen (secondary N) is 1. The molecule has 1 fully saturated rings. The molecule has 0 radical (unpaired) electrons. The van der Waals surface area contributed by atoms with Gasteiger partial charge in [-0.3, -0.25) is 15.0 Å². The third-order valence-electron chi connectivity index (χ3n) is 4.24. The van der Waals surface area contributed by atoms with Crippen LogP contribution in [-0.4, -0.2) is 25.5 Å². The van der Waals surface area contributed by atoms with E-state index in [0.717, 1.165) is 5.56 Å². The van der Waals surface area contributed by atoms with Gasteiger partial charge < -0.3 is 9.47 Å². The van der Waals surface area contributed by atoms with Crippen molar-refractivity contribution in [3.05, 3.63) is 71.8 Å². The molecule has 2 amide bonds. The molecule has 0 aromatic heterocycles. The number of nitriles is 1. The Morgan fingerprint density at radius 3 is 2.66 bits per heavy atom. The first-order chi connectivity index (χ1) is 14.1. The summed E-state index contributed by atoms with van der Waals surface area (Å²) < 4.78 is 10.9. The standard InChI is InChI=1S/C22H19N3O4/c1-3-7-16-12-15(14-19(28-2)20(16)29-11-10-23)13-18-21(26)24-25(22(18)27)17-8-5-4-6-9-17/h3-6,8-9,12-14H,1,7,11H2,2H3,(H,24,26)/b18-13-. The summed E-state index contributed by atoms with van der Waals surface area (Å²) in [6.45, 7) is 3.60. The first kappa shape index (κ1) is 19.7. The highest BCUT2D eigenvalue weighted by atomic mass is 16.5. The molecular formula is C22H19N3O4. The Balaban J connectivity index is 2.00. The summed E-state index contributed by atoms with van der Waals surface area (Å²) in [5.74, 6) is -0.107. The number of para-hydroxylation sites is 1. The lowest BCUT2D eigenvalue weighted by molar-refractivity contribution is -0.117. The van der Waals surface area contributed by atoms with Crippen molar-refractivity contribution in [2.75, 3.05) is 18.7 Å². The normalized spacial score (nSPS) is 14.5. The molecule has 0 saturated carbocycles. The number of hydrogen-bond donors (Lipinski definition) is 1. The smallest absolute Gasteiger partial charge is 0.282 e. The molecule has 3 rings (SSSR count). The van der Waals surface area contributed by atoms with Gasteiger partial charge in [0.15, 0.2) is 18.1 Å². The molecule has 2 aromatic carbocycles. The average molecular weight is 389 g/mol. The number of anilines is 1. The van der Waals surface area contributed by atoms with E-state index in [9.17, 15) is 9.59 Å². The number of rotatable bonds is 7. The molecule has 0 aliphatic carbocycles. The Morgan fingerprint density at radius 1 is 1.24 bits per heavy atom. The highest BCUT2D eigenvalue weighted by molar-refractivity contribution is 6.31. The Labute approximate surface area is 168 Å². The summed E-state index contributed by atoms with van der Waals surface area (Å²) in [5, 5.41) is 10.0. The zero-order chi connectivity index (χ0) is 20.8. The maximum absolute atomic E-state index is 12.8. The van der Waals surface area contributed by atoms with Gasteiger partial charge in [-0.05, 0) is 42.3 Å². The molecule has 1 aliphatic heterocycles. The molecule has 1 saturated heterocycles. The lowest BCUT2D eigenvalue weighted by Gasteiger charge is -2.14. The zero-order valence-corrected chi connectivity index (χ0v) is 15.8. The molecule has 0 atom stereocenters. The van der Waals surface area contributed by atoms with Crippen molar-refractivity contribution in [2.24, 2.45) is 0 Å². The van der Waals surface area contributed by atoms with Crippen LogP contribution in [0.15, 0.2) is 60.7 Å². The third kappa shape index (κ3) is 4.12. The number of carbonyl (C=O) groups excluding carboxylic acids is 2. The molecule has 0 bridgehead atoms. The van der Waals surface area contributed by atoms with Crippen LogP contribution < -0.4 is 19.9 Å². The van der Waals surface area contributed by atoms with Gasteiger partial charge in [-0.2, -0.15) is 5.26 Å². The highest BCUT2D eigenvalue weighted by Gasteiger charge is 2.34. The van der Waals surface area contributed by atoms with Crippen molar-refractivity contribution >= 4 is 23.6 Å². The quantitative estimate of drug-likeness (QED) is 0.447. The van der Waals surface area contributed by atoms with Gasteiger partial charge >= 0.3 is 0 Å². The lowest BCUT2D eigenvalue weighted by Crippen LogP contribution is -2.35. The number of amides is 2. The van der Waals surface area contributed by atoms with Gasteiger partial charge in [0.1, 0.15) is 11.6 Å². The number of hydrogen-bond acceptors (Lipinski definition) is 5. The van der Waals surface area contributed by atoms with E-state index in [-0.39, 0.29) is 12.2 Å². The number of methoxy groups -OCH3 is 1. The van der Waals surface area contributed by atoms with Gasteiger partial charge in [-0.25, -0.2) is 5.01 Å². The summed E-state index contributed by atoms with van der Waals surface area (Å²) in [6.07, 6.45) is 3.66. The largest absolute Gasteiger partial charge is 0.493 e. The second kappa shape index (κ2) is 8.76. The zero-order valence-electron chi connectivity index (χ0n) is 15.8. The number of ether oxygens (including phenoxy) is 2. The topological polar surface area (TPSA) is 91.7 Å². The molecule has 7 heteroatoms. The number of benzene rings is 2. The first-order valence-corrected chi connectivity index (χ1v) is 8.82. The van der Waals surface area contributed by atoms with Crippen LogP contribution in [-0.2, 0) is 16.0 Å². The Kier molecular flexibility index (Phi) is 5.95. The van der Waals surface area contributed by atoms with Crippen molar-refractivity contribution < 1.29 is 19.1 Å². The van der Waals surface area contributed by atoms with E-state index in [1.54, 1.807) is 42.5 Å². The van der Waals surface area contributed by atoms with Crippen LogP contribution in [0.5, 0.6) is 11.5 Å². The molecule has 1 aliphatic rings. The van der Waals surface area contributed by atoms with Gasteiger partial charge in [0, 0.05) is 5.56 Å². The summed E-state index contributed by atoms with van der Waals surface area (Å²) >= 11 is 0. The first-order valence-electron chi connectivity index (χ1n) is 8.82. The van der Waals surface area contributed by atoms with Gasteiger partial charge in [0.05, 0.1) is 12.8 Å². The minimum atomic E-state index is -0.493. The van der Waals surface area contributed by atoms with Crippen LogP contribution >= 0.6 is 0 Å². The average Bonchev–Trinajstić information content (AvgIpc) is 3.01. The Hall–Kier alpha value is -4.05. The van der Waals surface area contributed by atoms with Crippen molar-refractivity contribution in [1.82, 2.24) is 5.43 Å². The van der Waals surface area contributed by atoms with Crippen LogP contribution in [0.4, 0.5) is 5.69 Å². The SMILES string of the molecule is C=CCc1cc(/C=C2/C(=O)NN(c3ccccc3)C2=O)cc(OC)c1OCC#N. The highest BCUT2D eigenvalue weighted by Crippen LogP contribution is 2.34. The predicted molar refractivity (Wildman–Crippen MR) is 108 cm³/mol. The number of hydrazine groups is 1. The maximum Gasteiger partial charge on any atom is 0.282 e. The fraction of sp³-hybridized carbons (Fsp3) is 0.136. The maximum atomic E-state index is 12.8. The molecule has 29 heavy (non-hydrogen) atoms. The summed E-state index contributed by atoms with van der Waals surface area (Å²) in [7, 11) is 1.48. The van der Waals surface area contributed by atoms with Gasteiger partial charge in [-0.1, -0.05) is 24.3 Å². The van der Waals surface area contributed by atoms with Crippen LogP contribution in [0, 0.1) is 11.3 Å². The molecular weight excluding hydrogens is 370 g/mol. The third-order valence-corrected chi connectivity index (χ3v) is 4.24. The molecule has 146 valence electrons. The van der Waals surface area contributed by atoms with Crippen LogP contribution in [0.3, 0.4) is 0 Å². The van der Waals surface area contributed by atoms with Crippen LogP contribution in [0.25, 0.3) is 6.08 Å². The second-order valence-electron chi connectivity index (χ2n) is 6.13. The minimum absolute atomic E-state index is 0.00570. The fourth-order valence-electron chi connectivity index (χ4n) is 2.98. The second-order valence-corrected chi connectivity index (χ2v) is 6.13. The van der Waals surface area contributed by atoms with Crippen molar-refractivity contribution in [2.45, 2.75) is 6.42 Å². The lowest BCUT2D eigenvalue weighted by atomic mass is 10.0. The molecule has 1 N–H and O–H groups in total. The van der Waals surface area contributed by atoms with E-state index in [0.29, 0.717) is 29.2 Å². The summed E-state index contributed by atoms with van der Waals surface area (Å²) in [5.41, 5.74) is 4.46. The minimum Gasteiger partial charge on any atom is -0.493 e. The monoisotopic (exact) mass is 389 g/mol. The van der Waals surface area contributed by atoms with Crippen molar-refractivity contribution in [1.29, 1.82) is 5.26 Å². The van der Waals surface area contributed by atoms with Gasteiger partial charge in [0.2, 0.25) is 0 Å². The van der Waals surface area contributed by atoms with E-state index in [4.69, 9.17) is 14.7 Å². The molecule has 2 aromatic rings. The van der Waals surface area contributed by atoms with Gasteiger partial charge in [0.25, 0.3) is 11.8 Å². The van der Waals surface area contributed by atoms with E-state index >= 15 is 0 Å². The summed E-state index contributed by atoms with van der Waals surface area (Å²) in [6, 6.07) is 14.2. The number of nitrogens with zero attached hydrogens (tertiary/aromatic N) is 2. The Bertz CT molecular complexity index is 1020. The van der Waals surface area contributed by atoms with Crippen molar-refractivity contribution in [3.8, 4) is 17.6 Å². The molecule has 7 nitrogen and oxygen atoms in total. The number of allylic oxidation sites excluding steroid dienone is 1. The predicted octanol–water partition coefficient (Wildman–Crippen LogP) is 2.79. The molecule has 1 heterocycles. The van der Waals surface area contributed by atoms with Crippen LogP contribution in [0.2, 0.25) is 0 Å². The van der Waals surface area contributed by atoms with Gasteiger partial charge in [-0.15, -0.1) is 6.58 Å². The van der Waals surface area contributed by atoms with Crippen molar-refractivity contribution in [3.63, 3.8) is 0 Å². The summed E-state index contributed by atoms with van der Waals surface area (Å²) in [4.78, 5) is 25.2. The molecule has 0 spiro atoms. The van der Waals surface area contributed by atoms with E-state index in [2.05, 4.69) is 12.0 Å².